The van der Waals surface area contributed by atoms with Crippen LogP contribution >= 0.6 is 11.6 Å². The van der Waals surface area contributed by atoms with Gasteiger partial charge in [-0.1, -0.05) is 17.7 Å². The van der Waals surface area contributed by atoms with E-state index < -0.39 is 0 Å². The molecular weight excluding hydrogens is 316 g/mol. The van der Waals surface area contributed by atoms with Crippen LogP contribution in [0.4, 0.5) is 5.69 Å². The molecule has 0 unspecified atom stereocenters. The summed E-state index contributed by atoms with van der Waals surface area (Å²) in [4.78, 5) is 30.5. The third-order valence-corrected chi connectivity index (χ3v) is 4.77. The Kier molecular flexibility index (Phi) is 4.17. The number of imidazole rings is 1. The van der Waals surface area contributed by atoms with Crippen LogP contribution in [0.1, 0.15) is 16.1 Å². The number of benzene rings is 1. The van der Waals surface area contributed by atoms with Gasteiger partial charge in [-0.25, -0.2) is 4.79 Å². The molecule has 1 aromatic carbocycles. The summed E-state index contributed by atoms with van der Waals surface area (Å²) < 4.78 is 1.34. The van der Waals surface area contributed by atoms with E-state index in [2.05, 4.69) is 16.0 Å². The molecule has 0 aliphatic carbocycles. The van der Waals surface area contributed by atoms with Crippen LogP contribution in [0.25, 0.3) is 0 Å². The van der Waals surface area contributed by atoms with Gasteiger partial charge >= 0.3 is 5.69 Å². The number of hydrogen-bond acceptors (Lipinski definition) is 3. The number of piperazine rings is 1. The van der Waals surface area contributed by atoms with Gasteiger partial charge in [0.15, 0.2) is 0 Å². The monoisotopic (exact) mass is 334 g/mol. The fraction of sp³-hybridized carbons (Fsp3) is 0.375. The number of nitrogens with one attached hydrogen (secondary N) is 1. The second-order valence-electron chi connectivity index (χ2n) is 5.70. The van der Waals surface area contributed by atoms with E-state index in [0.717, 1.165) is 29.4 Å². The third kappa shape index (κ3) is 2.86. The van der Waals surface area contributed by atoms with E-state index in [1.54, 1.807) is 11.9 Å². The summed E-state index contributed by atoms with van der Waals surface area (Å²) in [6.45, 7) is 4.72. The molecule has 0 atom stereocenters. The van der Waals surface area contributed by atoms with Gasteiger partial charge in [-0.15, -0.1) is 0 Å². The van der Waals surface area contributed by atoms with Gasteiger partial charge in [0.05, 0.1) is 0 Å². The average molecular weight is 335 g/mol. The first-order valence-electron chi connectivity index (χ1n) is 7.53. The zero-order valence-corrected chi connectivity index (χ0v) is 13.9. The molecule has 3 rings (SSSR count). The number of carbonyl (C=O) groups is 1. The Morgan fingerprint density at radius 3 is 2.52 bits per heavy atom. The standard InChI is InChI=1S/C16H19ClN4O2/c1-11-12(17)4-3-5-13(11)20-6-8-21(9-7-20)15(22)14-10-18-16(23)19(14)2/h3-5,10H,6-9H2,1-2H3,(H,18,23). The summed E-state index contributed by atoms with van der Waals surface area (Å²) in [6, 6.07) is 5.87. The number of carbonyl (C=O) groups excluding carboxylic acids is 1. The molecule has 23 heavy (non-hydrogen) atoms. The predicted octanol–water partition coefficient (Wildman–Crippen LogP) is 1.64. The van der Waals surface area contributed by atoms with Crippen molar-refractivity contribution in [1.29, 1.82) is 0 Å². The molecule has 1 aliphatic heterocycles. The van der Waals surface area contributed by atoms with Crippen LogP contribution in [-0.2, 0) is 7.05 Å². The quantitative estimate of drug-likeness (QED) is 0.908. The summed E-state index contributed by atoms with van der Waals surface area (Å²) in [5.41, 5.74) is 2.28. The summed E-state index contributed by atoms with van der Waals surface area (Å²) >= 11 is 6.18. The average Bonchev–Trinajstić information content (AvgIpc) is 2.89. The highest BCUT2D eigenvalue weighted by Gasteiger charge is 2.25. The van der Waals surface area contributed by atoms with Crippen LogP contribution in [0.2, 0.25) is 5.02 Å². The van der Waals surface area contributed by atoms with Crippen LogP contribution in [0.15, 0.2) is 29.2 Å². The molecule has 6 nitrogen and oxygen atoms in total. The highest BCUT2D eigenvalue weighted by molar-refractivity contribution is 6.31. The van der Waals surface area contributed by atoms with E-state index in [1.165, 1.54) is 10.8 Å². The minimum absolute atomic E-state index is 0.117. The van der Waals surface area contributed by atoms with E-state index in [1.807, 2.05) is 19.1 Å². The smallest absolute Gasteiger partial charge is 0.325 e. The fourth-order valence-electron chi connectivity index (χ4n) is 2.89. The van der Waals surface area contributed by atoms with E-state index in [0.29, 0.717) is 18.8 Å². The maximum Gasteiger partial charge on any atom is 0.325 e. The molecule has 0 radical (unpaired) electrons. The Hall–Kier alpha value is -2.21. The first kappa shape index (κ1) is 15.7. The van der Waals surface area contributed by atoms with Crippen molar-refractivity contribution in [2.45, 2.75) is 6.92 Å². The molecule has 1 saturated heterocycles. The van der Waals surface area contributed by atoms with Gasteiger partial charge in [-0.3, -0.25) is 9.36 Å². The Balaban J connectivity index is 1.71. The normalized spacial score (nSPS) is 15.1. The number of H-pyrrole nitrogens is 1. The zero-order chi connectivity index (χ0) is 16.6. The van der Waals surface area contributed by atoms with Crippen LogP contribution in [0, 0.1) is 6.92 Å². The largest absolute Gasteiger partial charge is 0.368 e. The lowest BCUT2D eigenvalue weighted by Gasteiger charge is -2.36. The molecule has 0 saturated carbocycles. The molecule has 1 N–H and O–H groups in total. The molecule has 2 heterocycles. The van der Waals surface area contributed by atoms with Crippen molar-refractivity contribution in [3.63, 3.8) is 0 Å². The van der Waals surface area contributed by atoms with Gasteiger partial charge in [0.2, 0.25) is 0 Å². The van der Waals surface area contributed by atoms with Gasteiger partial charge in [-0.2, -0.15) is 0 Å². The number of aromatic nitrogens is 2. The second-order valence-corrected chi connectivity index (χ2v) is 6.11. The molecular formula is C16H19ClN4O2. The summed E-state index contributed by atoms with van der Waals surface area (Å²) in [5.74, 6) is -0.117. The van der Waals surface area contributed by atoms with E-state index in [4.69, 9.17) is 11.6 Å². The highest BCUT2D eigenvalue weighted by Crippen LogP contribution is 2.27. The lowest BCUT2D eigenvalue weighted by Crippen LogP contribution is -2.49. The molecule has 1 aromatic heterocycles. The van der Waals surface area contributed by atoms with Crippen molar-refractivity contribution >= 4 is 23.2 Å². The van der Waals surface area contributed by atoms with Crippen LogP contribution < -0.4 is 10.6 Å². The van der Waals surface area contributed by atoms with Gasteiger partial charge in [0, 0.05) is 50.1 Å². The van der Waals surface area contributed by atoms with Gasteiger partial charge in [-0.05, 0) is 24.6 Å². The van der Waals surface area contributed by atoms with Gasteiger partial charge in [0.1, 0.15) is 5.69 Å². The van der Waals surface area contributed by atoms with Crippen molar-refractivity contribution in [1.82, 2.24) is 14.5 Å². The van der Waals surface area contributed by atoms with Crippen molar-refractivity contribution in [2.75, 3.05) is 31.1 Å². The van der Waals surface area contributed by atoms with Crippen LogP contribution in [0.3, 0.4) is 0 Å². The van der Waals surface area contributed by atoms with Gasteiger partial charge < -0.3 is 14.8 Å². The predicted molar refractivity (Wildman–Crippen MR) is 90.3 cm³/mol. The SMILES string of the molecule is Cc1c(Cl)cccc1N1CCN(C(=O)c2c[nH]c(=O)n2C)CC1. The topological polar surface area (TPSA) is 61.3 Å². The second kappa shape index (κ2) is 6.12. The van der Waals surface area contributed by atoms with Crippen LogP contribution in [0.5, 0.6) is 0 Å². The van der Waals surface area contributed by atoms with Crippen molar-refractivity contribution in [3.05, 3.63) is 51.2 Å². The summed E-state index contributed by atoms with van der Waals surface area (Å²) in [5, 5.41) is 0.753. The number of aromatic amines is 1. The third-order valence-electron chi connectivity index (χ3n) is 4.36. The Bertz CT molecular complexity index is 788. The molecule has 7 heteroatoms. The number of rotatable bonds is 2. The Labute approximate surface area is 139 Å². The fourth-order valence-corrected chi connectivity index (χ4v) is 3.06. The number of anilines is 1. The maximum absolute atomic E-state index is 12.5. The summed E-state index contributed by atoms with van der Waals surface area (Å²) in [6.07, 6.45) is 1.47. The number of halogens is 1. The lowest BCUT2D eigenvalue weighted by atomic mass is 10.1. The van der Waals surface area contributed by atoms with Crippen molar-refractivity contribution in [2.24, 2.45) is 7.05 Å². The molecule has 2 aromatic rings. The van der Waals surface area contributed by atoms with Gasteiger partial charge in [0.25, 0.3) is 5.91 Å². The maximum atomic E-state index is 12.5. The molecule has 1 aliphatic rings. The Morgan fingerprint density at radius 1 is 1.22 bits per heavy atom. The van der Waals surface area contributed by atoms with E-state index >= 15 is 0 Å². The lowest BCUT2D eigenvalue weighted by molar-refractivity contribution is 0.0737. The summed E-state index contributed by atoms with van der Waals surface area (Å²) in [7, 11) is 1.59. The Morgan fingerprint density at radius 2 is 1.91 bits per heavy atom. The van der Waals surface area contributed by atoms with E-state index in [-0.39, 0.29) is 11.6 Å². The van der Waals surface area contributed by atoms with Crippen LogP contribution in [-0.4, -0.2) is 46.5 Å². The highest BCUT2D eigenvalue weighted by atomic mass is 35.5. The minimum Gasteiger partial charge on any atom is -0.368 e. The zero-order valence-electron chi connectivity index (χ0n) is 13.2. The van der Waals surface area contributed by atoms with Crippen molar-refractivity contribution < 1.29 is 4.79 Å². The first-order valence-corrected chi connectivity index (χ1v) is 7.90. The molecule has 122 valence electrons. The first-order chi connectivity index (χ1) is 11.0. The molecule has 0 bridgehead atoms. The van der Waals surface area contributed by atoms with E-state index in [9.17, 15) is 9.59 Å². The molecule has 0 spiro atoms. The number of amides is 1. The number of nitrogens with zero attached hydrogens (tertiary/aromatic N) is 3. The molecule has 1 fully saturated rings. The number of hydrogen-bond donors (Lipinski definition) is 1. The minimum atomic E-state index is -0.276. The van der Waals surface area contributed by atoms with Crippen molar-refractivity contribution in [3.8, 4) is 0 Å². The molecule has 1 amide bonds.